The Labute approximate surface area is 169 Å². The van der Waals surface area contributed by atoms with Crippen molar-refractivity contribution in [1.82, 2.24) is 4.90 Å². The molecule has 0 aromatic rings. The molecule has 2 aliphatic heterocycles. The van der Waals surface area contributed by atoms with Crippen molar-refractivity contribution in [2.75, 3.05) is 19.7 Å². The first-order valence-electron chi connectivity index (χ1n) is 11.2. The maximum atomic E-state index is 11.6. The molecule has 2 unspecified atom stereocenters. The zero-order valence-electron chi connectivity index (χ0n) is 17.8. The Kier molecular flexibility index (Phi) is 5.39. The van der Waals surface area contributed by atoms with Crippen LogP contribution in [-0.2, 0) is 14.3 Å². The Hall–Kier alpha value is -0.910. The Morgan fingerprint density at radius 3 is 2.82 bits per heavy atom. The minimum absolute atomic E-state index is 0.0652. The van der Waals surface area contributed by atoms with E-state index in [1.165, 1.54) is 12.0 Å². The predicted molar refractivity (Wildman–Crippen MR) is 108 cm³/mol. The van der Waals surface area contributed by atoms with Gasteiger partial charge >= 0.3 is 5.97 Å². The number of carboxylic acid groups (broad SMARTS) is 1. The summed E-state index contributed by atoms with van der Waals surface area (Å²) < 4.78 is 12.2. The van der Waals surface area contributed by atoms with Crippen LogP contribution in [0, 0.1) is 22.7 Å². The molecule has 0 bridgehead atoms. The average Bonchev–Trinajstić information content (AvgIpc) is 3.10. The van der Waals surface area contributed by atoms with Crippen molar-refractivity contribution in [2.24, 2.45) is 22.7 Å². The lowest BCUT2D eigenvalue weighted by molar-refractivity contribution is -0.297. The zero-order valence-corrected chi connectivity index (χ0v) is 17.8. The van der Waals surface area contributed by atoms with E-state index in [0.29, 0.717) is 11.8 Å². The first-order chi connectivity index (χ1) is 13.3. The van der Waals surface area contributed by atoms with E-state index in [1.807, 2.05) is 6.92 Å². The highest BCUT2D eigenvalue weighted by molar-refractivity contribution is 5.73. The Balaban J connectivity index is 1.52. The van der Waals surface area contributed by atoms with Crippen LogP contribution < -0.4 is 0 Å². The Morgan fingerprint density at radius 1 is 1.29 bits per heavy atom. The van der Waals surface area contributed by atoms with E-state index >= 15 is 0 Å². The van der Waals surface area contributed by atoms with Crippen LogP contribution in [0.25, 0.3) is 0 Å². The molecule has 28 heavy (non-hydrogen) atoms. The van der Waals surface area contributed by atoms with Crippen LogP contribution in [0.3, 0.4) is 0 Å². The van der Waals surface area contributed by atoms with Crippen molar-refractivity contribution >= 4 is 5.97 Å². The minimum Gasteiger partial charge on any atom is -0.480 e. The van der Waals surface area contributed by atoms with Gasteiger partial charge in [0.15, 0.2) is 6.29 Å². The fourth-order valence-corrected chi connectivity index (χ4v) is 7.16. The van der Waals surface area contributed by atoms with Gasteiger partial charge in [0.2, 0.25) is 0 Å². The van der Waals surface area contributed by atoms with Crippen molar-refractivity contribution in [3.8, 4) is 0 Å². The van der Waals surface area contributed by atoms with E-state index in [4.69, 9.17) is 9.47 Å². The molecule has 4 rings (SSSR count). The number of likely N-dealkylation sites (tertiary alicyclic amines) is 1. The number of rotatable bonds is 4. The van der Waals surface area contributed by atoms with Crippen LogP contribution in [0.15, 0.2) is 12.2 Å². The molecular formula is C23H37NO4. The first kappa shape index (κ1) is 20.4. The first-order valence-corrected chi connectivity index (χ1v) is 11.2. The van der Waals surface area contributed by atoms with Gasteiger partial charge in [-0.25, -0.2) is 0 Å². The number of allylic oxidation sites excluding steroid dienone is 1. The number of aliphatic carboxylic acids is 1. The molecule has 5 nitrogen and oxygen atoms in total. The molecule has 4 fully saturated rings. The van der Waals surface area contributed by atoms with Crippen LogP contribution in [0.5, 0.6) is 0 Å². The van der Waals surface area contributed by atoms with Gasteiger partial charge in [-0.1, -0.05) is 26.0 Å². The second-order valence-electron chi connectivity index (χ2n) is 10.2. The molecule has 1 N–H and O–H groups in total. The Bertz CT molecular complexity index is 636. The highest BCUT2D eigenvalue weighted by Gasteiger charge is 2.59. The van der Waals surface area contributed by atoms with Crippen LogP contribution in [0.2, 0.25) is 0 Å². The number of hydrogen-bond acceptors (Lipinski definition) is 4. The van der Waals surface area contributed by atoms with Gasteiger partial charge in [-0.3, -0.25) is 9.69 Å². The van der Waals surface area contributed by atoms with Crippen LogP contribution in [-0.4, -0.2) is 54.1 Å². The molecule has 0 amide bonds. The smallest absolute Gasteiger partial charge is 0.320 e. The van der Waals surface area contributed by atoms with E-state index in [0.717, 1.165) is 58.2 Å². The van der Waals surface area contributed by atoms with Crippen LogP contribution in [0.4, 0.5) is 0 Å². The molecule has 4 aliphatic rings. The van der Waals surface area contributed by atoms with Crippen molar-refractivity contribution < 1.29 is 19.4 Å². The van der Waals surface area contributed by atoms with E-state index in [-0.39, 0.29) is 29.3 Å². The monoisotopic (exact) mass is 391 g/mol. The van der Waals surface area contributed by atoms with Gasteiger partial charge in [-0.05, 0) is 82.2 Å². The molecule has 2 saturated carbocycles. The molecule has 2 heterocycles. The molecule has 158 valence electrons. The largest absolute Gasteiger partial charge is 0.480 e. The lowest BCUT2D eigenvalue weighted by Gasteiger charge is -2.62. The Morgan fingerprint density at radius 2 is 2.07 bits per heavy atom. The van der Waals surface area contributed by atoms with E-state index in [1.54, 1.807) is 0 Å². The lowest BCUT2D eigenvalue weighted by Crippen LogP contribution is -2.61. The maximum absolute atomic E-state index is 11.6. The molecule has 0 aromatic carbocycles. The molecule has 7 atom stereocenters. The van der Waals surface area contributed by atoms with Crippen LogP contribution >= 0.6 is 0 Å². The molecule has 5 heteroatoms. The summed E-state index contributed by atoms with van der Waals surface area (Å²) in [6.07, 6.45) is 7.49. The summed E-state index contributed by atoms with van der Waals surface area (Å²) in [4.78, 5) is 13.7. The highest BCUT2D eigenvalue weighted by Crippen LogP contribution is 2.63. The number of fused-ring (bicyclic) bond motifs is 3. The minimum atomic E-state index is -0.664. The SMILES string of the molecule is C=C1CCC2[C@]3(C)CO[C@@H](C)O[C@@H]3CC[C@@]2(C)[C@@H]1CCN1CCCC1C(=O)O. The second kappa shape index (κ2) is 7.41. The van der Waals surface area contributed by atoms with Gasteiger partial charge < -0.3 is 14.6 Å². The van der Waals surface area contributed by atoms with Gasteiger partial charge in [0, 0.05) is 5.41 Å². The summed E-state index contributed by atoms with van der Waals surface area (Å²) in [6, 6.07) is -0.296. The normalized spacial score (nSPS) is 46.8. The molecule has 2 saturated heterocycles. The van der Waals surface area contributed by atoms with Crippen molar-refractivity contribution in [3.05, 3.63) is 12.2 Å². The summed E-state index contributed by atoms with van der Waals surface area (Å²) in [5, 5.41) is 9.51. The van der Waals surface area contributed by atoms with E-state index < -0.39 is 5.97 Å². The van der Waals surface area contributed by atoms with Crippen molar-refractivity contribution in [2.45, 2.75) is 84.2 Å². The zero-order chi connectivity index (χ0) is 20.1. The summed E-state index contributed by atoms with van der Waals surface area (Å²) in [7, 11) is 0. The van der Waals surface area contributed by atoms with Crippen molar-refractivity contribution in [3.63, 3.8) is 0 Å². The maximum Gasteiger partial charge on any atom is 0.320 e. The fraction of sp³-hybridized carbons (Fsp3) is 0.870. The molecular weight excluding hydrogens is 354 g/mol. The molecule has 2 aliphatic carbocycles. The van der Waals surface area contributed by atoms with E-state index in [2.05, 4.69) is 25.3 Å². The highest BCUT2D eigenvalue weighted by atomic mass is 16.7. The summed E-state index contributed by atoms with van der Waals surface area (Å²) in [6.45, 7) is 13.9. The second-order valence-corrected chi connectivity index (χ2v) is 10.2. The summed E-state index contributed by atoms with van der Waals surface area (Å²) in [5.74, 6) is 0.358. The third kappa shape index (κ3) is 3.23. The van der Waals surface area contributed by atoms with E-state index in [9.17, 15) is 9.90 Å². The molecule has 0 aromatic heterocycles. The molecule has 0 radical (unpaired) electrons. The number of hydrogen-bond donors (Lipinski definition) is 1. The fourth-order valence-electron chi connectivity index (χ4n) is 7.16. The standard InChI is InChI=1S/C23H37NO4/c1-15-7-8-19-22(3,11-9-20-23(19,4)14-27-16(2)28-20)17(15)10-13-24-12-5-6-18(24)21(25)26/h16-20H,1,5-14H2,2-4H3,(H,25,26)/t16-,17-,18?,19?,20-,22+,23+/m1/s1. The quantitative estimate of drug-likeness (QED) is 0.732. The van der Waals surface area contributed by atoms with Crippen LogP contribution in [0.1, 0.15) is 65.7 Å². The van der Waals surface area contributed by atoms with Gasteiger partial charge in [-0.15, -0.1) is 0 Å². The average molecular weight is 392 g/mol. The number of ether oxygens (including phenoxy) is 2. The van der Waals surface area contributed by atoms with Gasteiger partial charge in [0.05, 0.1) is 12.7 Å². The molecule has 0 spiro atoms. The summed E-state index contributed by atoms with van der Waals surface area (Å²) in [5.41, 5.74) is 1.64. The summed E-state index contributed by atoms with van der Waals surface area (Å²) >= 11 is 0. The van der Waals surface area contributed by atoms with Gasteiger partial charge in [0.1, 0.15) is 6.04 Å². The third-order valence-electron chi connectivity index (χ3n) is 8.65. The lowest BCUT2D eigenvalue weighted by atomic mass is 9.46. The number of carbonyl (C=O) groups is 1. The number of carboxylic acids is 1. The van der Waals surface area contributed by atoms with Gasteiger partial charge in [0.25, 0.3) is 0 Å². The van der Waals surface area contributed by atoms with Crippen molar-refractivity contribution in [1.29, 1.82) is 0 Å². The number of nitrogens with zero attached hydrogens (tertiary/aromatic N) is 1. The third-order valence-corrected chi connectivity index (χ3v) is 8.65. The topological polar surface area (TPSA) is 59.0 Å². The predicted octanol–water partition coefficient (Wildman–Crippen LogP) is 4.08. The van der Waals surface area contributed by atoms with Gasteiger partial charge in [-0.2, -0.15) is 0 Å².